The molecule has 0 saturated carbocycles. The summed E-state index contributed by atoms with van der Waals surface area (Å²) >= 11 is 0. The van der Waals surface area contributed by atoms with E-state index in [9.17, 15) is 14.3 Å². The lowest BCUT2D eigenvalue weighted by molar-refractivity contribution is -0.0109. The predicted octanol–water partition coefficient (Wildman–Crippen LogP) is 1.70. The Labute approximate surface area is 133 Å². The molecular weight excluding hydrogens is 299 g/mol. The highest BCUT2D eigenvalue weighted by molar-refractivity contribution is 5.92. The number of amides is 1. The van der Waals surface area contributed by atoms with Gasteiger partial charge in [-0.05, 0) is 50.5 Å². The Bertz CT molecular complexity index is 741. The average Bonchev–Trinajstić information content (AvgIpc) is 2.95. The number of hydrogen-bond acceptors (Lipinski definition) is 4. The van der Waals surface area contributed by atoms with Gasteiger partial charge in [0, 0.05) is 13.1 Å². The van der Waals surface area contributed by atoms with Crippen LogP contribution in [0.4, 0.5) is 4.39 Å². The molecule has 1 amide bonds. The fourth-order valence-electron chi connectivity index (χ4n) is 2.91. The summed E-state index contributed by atoms with van der Waals surface area (Å²) in [6, 6.07) is 4.34. The van der Waals surface area contributed by atoms with Crippen LogP contribution in [0.15, 0.2) is 24.4 Å². The second-order valence-electron chi connectivity index (χ2n) is 6.31. The molecule has 1 fully saturated rings. The van der Waals surface area contributed by atoms with Crippen LogP contribution in [0.5, 0.6) is 0 Å². The van der Waals surface area contributed by atoms with Crippen LogP contribution in [0.2, 0.25) is 0 Å². The molecule has 1 N–H and O–H groups in total. The number of hydrogen-bond donors (Lipinski definition) is 1. The Morgan fingerprint density at radius 2 is 2.22 bits per heavy atom. The Kier molecular flexibility index (Phi) is 3.89. The van der Waals surface area contributed by atoms with E-state index < -0.39 is 5.60 Å². The number of aromatic nitrogens is 3. The molecule has 7 heteroatoms. The van der Waals surface area contributed by atoms with Crippen LogP contribution in [0.3, 0.4) is 0 Å². The van der Waals surface area contributed by atoms with Crippen LogP contribution >= 0.6 is 0 Å². The average molecular weight is 318 g/mol. The number of piperidine rings is 1. The molecule has 1 saturated heterocycles. The van der Waals surface area contributed by atoms with Crippen molar-refractivity contribution < 1.29 is 14.3 Å². The molecule has 1 aromatic heterocycles. The third-order valence-corrected chi connectivity index (χ3v) is 4.08. The first-order valence-corrected chi connectivity index (χ1v) is 7.56. The van der Waals surface area contributed by atoms with E-state index >= 15 is 0 Å². The second-order valence-corrected chi connectivity index (χ2v) is 6.31. The van der Waals surface area contributed by atoms with Gasteiger partial charge < -0.3 is 10.0 Å². The summed E-state index contributed by atoms with van der Waals surface area (Å²) in [6.07, 6.45) is 2.97. The number of nitrogens with zero attached hydrogens (tertiary/aromatic N) is 4. The van der Waals surface area contributed by atoms with E-state index in [1.165, 1.54) is 23.0 Å². The van der Waals surface area contributed by atoms with Gasteiger partial charge in [-0.15, -0.1) is 5.10 Å². The second kappa shape index (κ2) is 5.73. The van der Waals surface area contributed by atoms with Crippen molar-refractivity contribution in [3.05, 3.63) is 41.5 Å². The smallest absolute Gasteiger partial charge is 0.276 e. The van der Waals surface area contributed by atoms with Gasteiger partial charge in [0.2, 0.25) is 0 Å². The first-order valence-electron chi connectivity index (χ1n) is 7.56. The van der Waals surface area contributed by atoms with E-state index in [1.807, 2.05) is 0 Å². The molecular formula is C16H19FN4O2. The maximum absolute atomic E-state index is 13.2. The number of β-amino-alcohol motifs (C(OH)–C–C–N with tert-alkyl or cyclic N) is 1. The van der Waals surface area contributed by atoms with Crippen LogP contribution in [-0.4, -0.2) is 49.6 Å². The maximum Gasteiger partial charge on any atom is 0.276 e. The minimum absolute atomic E-state index is 0.214. The molecule has 2 heterocycles. The molecule has 0 spiro atoms. The lowest BCUT2D eigenvalue weighted by Gasteiger charge is -2.36. The van der Waals surface area contributed by atoms with Crippen molar-refractivity contribution in [2.24, 2.45) is 0 Å². The third kappa shape index (κ3) is 3.24. The van der Waals surface area contributed by atoms with Crippen LogP contribution in [0.1, 0.15) is 35.8 Å². The van der Waals surface area contributed by atoms with Crippen molar-refractivity contribution in [2.45, 2.75) is 32.3 Å². The molecule has 1 unspecified atom stereocenters. The first kappa shape index (κ1) is 15.6. The number of carbonyl (C=O) groups excluding carboxylic acids is 1. The molecule has 0 radical (unpaired) electrons. The van der Waals surface area contributed by atoms with Crippen molar-refractivity contribution in [2.75, 3.05) is 13.1 Å². The monoisotopic (exact) mass is 318 g/mol. The summed E-state index contributed by atoms with van der Waals surface area (Å²) in [5.41, 5.74) is 0.724. The van der Waals surface area contributed by atoms with Gasteiger partial charge in [-0.3, -0.25) is 4.79 Å². The highest BCUT2D eigenvalue weighted by Crippen LogP contribution is 2.22. The fourth-order valence-corrected chi connectivity index (χ4v) is 2.91. The molecule has 3 rings (SSSR count). The van der Waals surface area contributed by atoms with Gasteiger partial charge in [-0.1, -0.05) is 5.21 Å². The van der Waals surface area contributed by atoms with Gasteiger partial charge in [-0.25, -0.2) is 9.07 Å². The Morgan fingerprint density at radius 3 is 2.91 bits per heavy atom. The molecule has 6 nitrogen and oxygen atoms in total. The van der Waals surface area contributed by atoms with E-state index in [4.69, 9.17) is 0 Å². The van der Waals surface area contributed by atoms with E-state index in [0.717, 1.165) is 6.42 Å². The number of halogens is 1. The number of benzene rings is 1. The number of rotatable bonds is 2. The zero-order valence-corrected chi connectivity index (χ0v) is 13.2. The lowest BCUT2D eigenvalue weighted by Crippen LogP contribution is -2.48. The molecule has 1 aliphatic heterocycles. The van der Waals surface area contributed by atoms with Crippen LogP contribution in [0, 0.1) is 12.7 Å². The summed E-state index contributed by atoms with van der Waals surface area (Å²) in [5.74, 6) is -0.575. The number of aryl methyl sites for hydroxylation is 1. The Hall–Kier alpha value is -2.28. The van der Waals surface area contributed by atoms with Crippen molar-refractivity contribution in [3.8, 4) is 5.69 Å². The Morgan fingerprint density at radius 1 is 1.43 bits per heavy atom. The van der Waals surface area contributed by atoms with Gasteiger partial charge in [0.15, 0.2) is 5.69 Å². The topological polar surface area (TPSA) is 71.2 Å². The van der Waals surface area contributed by atoms with Crippen LogP contribution in [-0.2, 0) is 0 Å². The summed E-state index contributed by atoms with van der Waals surface area (Å²) in [6.45, 7) is 4.38. The van der Waals surface area contributed by atoms with Crippen LogP contribution < -0.4 is 0 Å². The SMILES string of the molecule is Cc1cc(F)ccc1-n1cc(C(=O)N2CCCC(C)(O)C2)nn1. The summed E-state index contributed by atoms with van der Waals surface area (Å²) < 4.78 is 14.6. The van der Waals surface area contributed by atoms with E-state index in [-0.39, 0.29) is 24.0 Å². The normalized spacial score (nSPS) is 21.5. The molecule has 2 aromatic rings. The number of likely N-dealkylation sites (tertiary alicyclic amines) is 1. The molecule has 1 atom stereocenters. The van der Waals surface area contributed by atoms with E-state index in [1.54, 1.807) is 24.8 Å². The summed E-state index contributed by atoms with van der Waals surface area (Å²) in [7, 11) is 0. The van der Waals surface area contributed by atoms with Crippen LogP contribution in [0.25, 0.3) is 5.69 Å². The van der Waals surface area contributed by atoms with Gasteiger partial charge in [0.05, 0.1) is 17.5 Å². The number of carbonyl (C=O) groups is 1. The predicted molar refractivity (Wildman–Crippen MR) is 81.8 cm³/mol. The molecule has 0 aliphatic carbocycles. The largest absolute Gasteiger partial charge is 0.388 e. The summed E-state index contributed by atoms with van der Waals surface area (Å²) in [5, 5.41) is 18.0. The number of aliphatic hydroxyl groups is 1. The van der Waals surface area contributed by atoms with Crippen molar-refractivity contribution >= 4 is 5.91 Å². The standard InChI is InChI=1S/C16H19FN4O2/c1-11-8-12(17)4-5-14(11)21-9-13(18-19-21)15(22)20-7-3-6-16(2,23)10-20/h4-5,8-9,23H,3,6-7,10H2,1-2H3. The fraction of sp³-hybridized carbons (Fsp3) is 0.438. The molecule has 0 bridgehead atoms. The van der Waals surface area contributed by atoms with Crippen molar-refractivity contribution in [3.63, 3.8) is 0 Å². The van der Waals surface area contributed by atoms with Crippen molar-refractivity contribution in [1.82, 2.24) is 19.9 Å². The lowest BCUT2D eigenvalue weighted by atomic mass is 9.95. The van der Waals surface area contributed by atoms with Gasteiger partial charge >= 0.3 is 0 Å². The van der Waals surface area contributed by atoms with Gasteiger partial charge in [-0.2, -0.15) is 0 Å². The maximum atomic E-state index is 13.2. The van der Waals surface area contributed by atoms with E-state index in [2.05, 4.69) is 10.3 Å². The van der Waals surface area contributed by atoms with Crippen molar-refractivity contribution in [1.29, 1.82) is 0 Å². The summed E-state index contributed by atoms with van der Waals surface area (Å²) in [4.78, 5) is 14.1. The minimum atomic E-state index is -0.864. The minimum Gasteiger partial charge on any atom is -0.388 e. The van der Waals surface area contributed by atoms with Gasteiger partial charge in [0.25, 0.3) is 5.91 Å². The molecule has 1 aliphatic rings. The highest BCUT2D eigenvalue weighted by Gasteiger charge is 2.32. The Balaban J connectivity index is 1.82. The first-order chi connectivity index (χ1) is 10.9. The quantitative estimate of drug-likeness (QED) is 0.915. The molecule has 122 valence electrons. The molecule has 23 heavy (non-hydrogen) atoms. The highest BCUT2D eigenvalue weighted by atomic mass is 19.1. The molecule has 1 aromatic carbocycles. The zero-order valence-electron chi connectivity index (χ0n) is 13.2. The zero-order chi connectivity index (χ0) is 16.6. The third-order valence-electron chi connectivity index (χ3n) is 4.08. The van der Waals surface area contributed by atoms with Gasteiger partial charge in [0.1, 0.15) is 5.82 Å². The van der Waals surface area contributed by atoms with E-state index in [0.29, 0.717) is 24.2 Å².